The molecule has 1 aromatic rings. The summed E-state index contributed by atoms with van der Waals surface area (Å²) < 4.78 is 0. The quantitative estimate of drug-likeness (QED) is 0.721. The predicted molar refractivity (Wildman–Crippen MR) is 85.0 cm³/mol. The zero-order chi connectivity index (χ0) is 17.8. The highest BCUT2D eigenvalue weighted by atomic mass is 16.7. The normalized spacial score (nSPS) is 14.0. The molecule has 0 aliphatic carbocycles. The van der Waals surface area contributed by atoms with Gasteiger partial charge in [0.1, 0.15) is 11.8 Å². The molecule has 0 aromatic heterocycles. The van der Waals surface area contributed by atoms with E-state index in [4.69, 9.17) is 9.94 Å². The number of benzene rings is 1. The Hall–Kier alpha value is -2.28. The van der Waals surface area contributed by atoms with Crippen molar-refractivity contribution in [2.75, 3.05) is 14.2 Å². The van der Waals surface area contributed by atoms with Crippen molar-refractivity contribution < 1.29 is 24.6 Å². The Bertz CT molecular complexity index is 551. The Kier molecular flexibility index (Phi) is 5.98. The van der Waals surface area contributed by atoms with Crippen molar-refractivity contribution in [2.24, 2.45) is 5.41 Å². The van der Waals surface area contributed by atoms with Crippen LogP contribution in [0.3, 0.4) is 0 Å². The van der Waals surface area contributed by atoms with Crippen LogP contribution >= 0.6 is 0 Å². The lowest BCUT2D eigenvalue weighted by Gasteiger charge is -2.37. The van der Waals surface area contributed by atoms with Crippen LogP contribution in [-0.2, 0) is 9.63 Å². The zero-order valence-corrected chi connectivity index (χ0v) is 14.0. The van der Waals surface area contributed by atoms with Crippen LogP contribution in [0.1, 0.15) is 32.3 Å². The Labute approximate surface area is 135 Å². The summed E-state index contributed by atoms with van der Waals surface area (Å²) in [5.74, 6) is -0.850. The van der Waals surface area contributed by atoms with Crippen LogP contribution in [0.4, 0.5) is 4.79 Å². The van der Waals surface area contributed by atoms with Crippen LogP contribution in [0, 0.1) is 5.41 Å². The highest BCUT2D eigenvalue weighted by molar-refractivity contribution is 5.85. The van der Waals surface area contributed by atoms with Gasteiger partial charge in [-0.25, -0.2) is 9.86 Å². The van der Waals surface area contributed by atoms with Gasteiger partial charge in [0.25, 0.3) is 5.91 Å². The van der Waals surface area contributed by atoms with Gasteiger partial charge in [-0.15, -0.1) is 0 Å². The first kappa shape index (κ1) is 18.8. The van der Waals surface area contributed by atoms with E-state index < -0.39 is 29.4 Å². The first-order chi connectivity index (χ1) is 10.6. The van der Waals surface area contributed by atoms with E-state index in [9.17, 15) is 14.7 Å². The average Bonchev–Trinajstić information content (AvgIpc) is 2.45. The number of nitrogens with zero attached hydrogens (tertiary/aromatic N) is 1. The molecule has 7 nitrogen and oxygen atoms in total. The molecule has 0 saturated heterocycles. The largest absolute Gasteiger partial charge is 0.508 e. The van der Waals surface area contributed by atoms with Gasteiger partial charge in [0.15, 0.2) is 0 Å². The number of rotatable bonds is 5. The summed E-state index contributed by atoms with van der Waals surface area (Å²) in [6.45, 7) is 5.75. The summed E-state index contributed by atoms with van der Waals surface area (Å²) in [5, 5.41) is 21.9. The number of amides is 2. The third kappa shape index (κ3) is 4.85. The topological polar surface area (TPSA) is 99.1 Å². The van der Waals surface area contributed by atoms with Crippen molar-refractivity contribution in [3.8, 4) is 5.75 Å². The van der Waals surface area contributed by atoms with E-state index in [-0.39, 0.29) is 5.75 Å². The van der Waals surface area contributed by atoms with Gasteiger partial charge < -0.3 is 15.5 Å². The van der Waals surface area contributed by atoms with Gasteiger partial charge >= 0.3 is 6.09 Å². The molecule has 23 heavy (non-hydrogen) atoms. The van der Waals surface area contributed by atoms with E-state index >= 15 is 0 Å². The number of carbonyl (C=O) groups is 2. The molecular formula is C16H24N2O5. The summed E-state index contributed by atoms with van der Waals surface area (Å²) in [6, 6.07) is 5.36. The second-order valence-corrected chi connectivity index (χ2v) is 6.38. The molecule has 1 rings (SSSR count). The van der Waals surface area contributed by atoms with Crippen LogP contribution < -0.4 is 5.32 Å². The molecule has 0 aliphatic rings. The summed E-state index contributed by atoms with van der Waals surface area (Å²) in [7, 11) is 2.76. The minimum atomic E-state index is -1.29. The van der Waals surface area contributed by atoms with Crippen molar-refractivity contribution in [2.45, 2.75) is 32.7 Å². The maximum absolute atomic E-state index is 12.6. The maximum Gasteiger partial charge on any atom is 0.405 e. The van der Waals surface area contributed by atoms with Crippen molar-refractivity contribution in [1.82, 2.24) is 10.4 Å². The molecule has 0 aliphatic heterocycles. The highest BCUT2D eigenvalue weighted by Gasteiger charge is 2.40. The van der Waals surface area contributed by atoms with E-state index in [0.29, 0.717) is 0 Å². The van der Waals surface area contributed by atoms with Gasteiger partial charge in [0.2, 0.25) is 0 Å². The molecule has 0 saturated carbocycles. The summed E-state index contributed by atoms with van der Waals surface area (Å²) in [5.41, 5.74) is 0.320. The SMILES string of the molecule is CON(C)C(=O)C(NC(=O)O)[C@H](c1ccc(O)cc1)C(C)(C)C. The number of likely N-dealkylation sites (N-methyl/N-ethyl adjacent to an activating group) is 1. The van der Waals surface area contributed by atoms with Crippen LogP contribution in [0.2, 0.25) is 0 Å². The summed E-state index contributed by atoms with van der Waals surface area (Å²) >= 11 is 0. The fourth-order valence-electron chi connectivity index (χ4n) is 2.58. The fourth-order valence-corrected chi connectivity index (χ4v) is 2.58. The molecule has 128 valence electrons. The molecule has 2 atom stereocenters. The molecular weight excluding hydrogens is 300 g/mol. The van der Waals surface area contributed by atoms with Gasteiger partial charge in [-0.2, -0.15) is 0 Å². The van der Waals surface area contributed by atoms with Gasteiger partial charge in [-0.3, -0.25) is 9.63 Å². The minimum absolute atomic E-state index is 0.101. The minimum Gasteiger partial charge on any atom is -0.508 e. The zero-order valence-electron chi connectivity index (χ0n) is 14.0. The Morgan fingerprint density at radius 2 is 1.74 bits per heavy atom. The molecule has 0 heterocycles. The fraction of sp³-hybridized carbons (Fsp3) is 0.500. The van der Waals surface area contributed by atoms with Gasteiger partial charge in [-0.05, 0) is 23.1 Å². The number of aromatic hydroxyl groups is 1. The number of carbonyl (C=O) groups excluding carboxylic acids is 1. The number of hydrogen-bond donors (Lipinski definition) is 3. The molecule has 2 amide bonds. The lowest BCUT2D eigenvalue weighted by atomic mass is 9.72. The molecule has 3 N–H and O–H groups in total. The average molecular weight is 324 g/mol. The molecule has 0 bridgehead atoms. The summed E-state index contributed by atoms with van der Waals surface area (Å²) in [4.78, 5) is 28.6. The lowest BCUT2D eigenvalue weighted by Crippen LogP contribution is -2.52. The lowest BCUT2D eigenvalue weighted by molar-refractivity contribution is -0.172. The van der Waals surface area contributed by atoms with E-state index in [1.807, 2.05) is 20.8 Å². The first-order valence-electron chi connectivity index (χ1n) is 7.18. The molecule has 0 fully saturated rings. The Morgan fingerprint density at radius 3 is 2.13 bits per heavy atom. The summed E-state index contributed by atoms with van der Waals surface area (Å²) in [6.07, 6.45) is -1.29. The van der Waals surface area contributed by atoms with Crippen LogP contribution in [0.25, 0.3) is 0 Å². The van der Waals surface area contributed by atoms with E-state index in [1.165, 1.54) is 26.3 Å². The number of phenolic OH excluding ortho intramolecular Hbond substituents is 1. The first-order valence-corrected chi connectivity index (χ1v) is 7.18. The number of nitrogens with one attached hydrogen (secondary N) is 1. The van der Waals surface area contributed by atoms with Gasteiger partial charge in [-0.1, -0.05) is 32.9 Å². The van der Waals surface area contributed by atoms with Crippen molar-refractivity contribution >= 4 is 12.0 Å². The van der Waals surface area contributed by atoms with Crippen molar-refractivity contribution in [1.29, 1.82) is 0 Å². The van der Waals surface area contributed by atoms with E-state index in [0.717, 1.165) is 10.6 Å². The van der Waals surface area contributed by atoms with Gasteiger partial charge in [0.05, 0.1) is 7.11 Å². The second-order valence-electron chi connectivity index (χ2n) is 6.38. The molecule has 1 aromatic carbocycles. The number of hydrogen-bond acceptors (Lipinski definition) is 4. The second kappa shape index (κ2) is 7.32. The van der Waals surface area contributed by atoms with Crippen molar-refractivity contribution in [3.63, 3.8) is 0 Å². The maximum atomic E-state index is 12.6. The molecule has 7 heteroatoms. The molecule has 1 unspecified atom stereocenters. The smallest absolute Gasteiger partial charge is 0.405 e. The number of phenols is 1. The third-order valence-electron chi connectivity index (χ3n) is 3.65. The highest BCUT2D eigenvalue weighted by Crippen LogP contribution is 2.38. The standard InChI is InChI=1S/C16H24N2O5/c1-16(2,3)12(10-6-8-11(19)9-7-10)13(17-15(21)22)14(20)18(4)23-5/h6-9,12-13,17,19H,1-5H3,(H,21,22)/t12-,13?/m0/s1. The van der Waals surface area contributed by atoms with Crippen LogP contribution in [-0.4, -0.2) is 47.5 Å². The van der Waals surface area contributed by atoms with Crippen LogP contribution in [0.5, 0.6) is 5.75 Å². The Morgan fingerprint density at radius 1 is 1.22 bits per heavy atom. The molecule has 0 spiro atoms. The monoisotopic (exact) mass is 324 g/mol. The van der Waals surface area contributed by atoms with E-state index in [1.54, 1.807) is 12.1 Å². The van der Waals surface area contributed by atoms with Crippen molar-refractivity contribution in [3.05, 3.63) is 29.8 Å². The number of carboxylic acid groups (broad SMARTS) is 1. The number of hydroxylamine groups is 2. The van der Waals surface area contributed by atoms with Gasteiger partial charge in [0, 0.05) is 13.0 Å². The molecule has 0 radical (unpaired) electrons. The Balaban J connectivity index is 3.35. The van der Waals surface area contributed by atoms with E-state index in [2.05, 4.69) is 5.32 Å². The predicted octanol–water partition coefficient (Wildman–Crippen LogP) is 2.18. The van der Waals surface area contributed by atoms with Crippen LogP contribution in [0.15, 0.2) is 24.3 Å². The third-order valence-corrected chi connectivity index (χ3v) is 3.65.